The normalized spacial score (nSPS) is 11.7. The minimum Gasteiger partial charge on any atom is -0.370 e. The summed E-state index contributed by atoms with van der Waals surface area (Å²) in [6, 6.07) is 18.2. The van der Waals surface area contributed by atoms with Crippen LogP contribution < -0.4 is 16.0 Å². The van der Waals surface area contributed by atoms with E-state index < -0.39 is 18.1 Å². The molecule has 0 aliphatic heterocycles. The van der Waals surface area contributed by atoms with Crippen LogP contribution in [0.1, 0.15) is 25.7 Å². The molecule has 0 aliphatic carbocycles. The van der Waals surface area contributed by atoms with Crippen LogP contribution in [0.4, 0.5) is 26.0 Å². The molecule has 2 aromatic carbocycles. The molecule has 0 bridgehead atoms. The third-order valence-corrected chi connectivity index (χ3v) is 4.96. The van der Waals surface area contributed by atoms with Gasteiger partial charge in [0.1, 0.15) is 18.4 Å². The molecule has 3 aromatic rings. The lowest BCUT2D eigenvalue weighted by Gasteiger charge is -2.12. The molecule has 0 radical (unpaired) electrons. The second kappa shape index (κ2) is 14.2. The molecule has 3 N–H and O–H groups in total. The van der Waals surface area contributed by atoms with Crippen LogP contribution in [0.25, 0.3) is 0 Å². The van der Waals surface area contributed by atoms with E-state index in [9.17, 15) is 18.4 Å². The van der Waals surface area contributed by atoms with E-state index in [1.165, 1.54) is 0 Å². The molecule has 2 amide bonds. The molecule has 188 valence electrons. The second-order valence-electron chi connectivity index (χ2n) is 7.82. The molecular weight excluding hydrogens is 468 g/mol. The van der Waals surface area contributed by atoms with Gasteiger partial charge in [0.15, 0.2) is 0 Å². The number of anilines is 3. The van der Waals surface area contributed by atoms with Crippen molar-refractivity contribution in [2.45, 2.75) is 31.7 Å². The summed E-state index contributed by atoms with van der Waals surface area (Å²) in [6.45, 7) is 0.234. The lowest BCUT2D eigenvalue weighted by molar-refractivity contribution is -0.118. The maximum atomic E-state index is 13.1. The first-order valence-corrected chi connectivity index (χ1v) is 11.5. The summed E-state index contributed by atoms with van der Waals surface area (Å²) in [5, 5.41) is 16.4. The topological polar surface area (TPSA) is 121 Å². The Labute approximate surface area is 207 Å². The van der Waals surface area contributed by atoms with Crippen LogP contribution in [-0.2, 0) is 9.59 Å². The van der Waals surface area contributed by atoms with E-state index in [4.69, 9.17) is 0 Å². The van der Waals surface area contributed by atoms with Crippen LogP contribution in [0.2, 0.25) is 0 Å². The van der Waals surface area contributed by atoms with Crippen LogP contribution in [0.3, 0.4) is 0 Å². The highest BCUT2D eigenvalue weighted by molar-refractivity contribution is 5.95. The smallest absolute Gasteiger partial charge is 0.313 e. The molecule has 1 atom stereocenters. The minimum absolute atomic E-state index is 0.0719. The number of nitrogens with zero attached hydrogens (tertiary/aromatic N) is 4. The zero-order valence-electron chi connectivity index (χ0n) is 19.5. The van der Waals surface area contributed by atoms with Crippen molar-refractivity contribution in [1.82, 2.24) is 9.97 Å². The third-order valence-electron chi connectivity index (χ3n) is 4.96. The predicted molar refractivity (Wildman–Crippen MR) is 133 cm³/mol. The van der Waals surface area contributed by atoms with Gasteiger partial charge in [0, 0.05) is 24.0 Å². The average Bonchev–Trinajstić information content (AvgIpc) is 2.85. The fourth-order valence-electron chi connectivity index (χ4n) is 3.25. The van der Waals surface area contributed by atoms with Gasteiger partial charge < -0.3 is 16.0 Å². The number of carbonyl (C=O) groups excluding carboxylic acids is 2. The number of benzene rings is 2. The van der Waals surface area contributed by atoms with Crippen molar-refractivity contribution in [2.24, 2.45) is 10.2 Å². The lowest BCUT2D eigenvalue weighted by atomic mass is 10.1. The Balaban J connectivity index is 1.48. The van der Waals surface area contributed by atoms with Gasteiger partial charge in [-0.3, -0.25) is 9.59 Å². The number of halogens is 2. The van der Waals surface area contributed by atoms with Gasteiger partial charge in [0.2, 0.25) is 11.9 Å². The van der Waals surface area contributed by atoms with Crippen molar-refractivity contribution in [3.8, 4) is 0 Å². The zero-order valence-corrected chi connectivity index (χ0v) is 19.5. The fourth-order valence-corrected chi connectivity index (χ4v) is 3.25. The standard InChI is InChI=1S/C25H27F2N7O2/c26-21-16-22(33-25(27)32-21)28-15-9-3-8-14-20(24(36)31-19-12-6-2-7-13-19)34-29-17-23(35)30-18-10-4-1-5-11-18/h1-2,4-7,10-13,16,20H,3,8-9,14-15,17H2,(H,30,35)(H,31,36)(H,28,32,33). The summed E-state index contributed by atoms with van der Waals surface area (Å²) >= 11 is 0. The molecule has 3 rings (SSSR count). The van der Waals surface area contributed by atoms with Crippen molar-refractivity contribution >= 4 is 29.0 Å². The average molecular weight is 496 g/mol. The summed E-state index contributed by atoms with van der Waals surface area (Å²) in [4.78, 5) is 31.3. The van der Waals surface area contributed by atoms with Crippen LogP contribution in [0.5, 0.6) is 0 Å². The van der Waals surface area contributed by atoms with Gasteiger partial charge in [-0.2, -0.15) is 29.0 Å². The summed E-state index contributed by atoms with van der Waals surface area (Å²) in [5.74, 6) is -1.53. The summed E-state index contributed by atoms with van der Waals surface area (Å²) in [5.41, 5.74) is 1.29. The molecule has 1 heterocycles. The number of hydrogen-bond acceptors (Lipinski definition) is 7. The van der Waals surface area contributed by atoms with Gasteiger partial charge in [-0.1, -0.05) is 49.2 Å². The van der Waals surface area contributed by atoms with E-state index in [2.05, 4.69) is 36.1 Å². The highest BCUT2D eigenvalue weighted by atomic mass is 19.1. The highest BCUT2D eigenvalue weighted by Gasteiger charge is 2.18. The van der Waals surface area contributed by atoms with Crippen molar-refractivity contribution in [3.05, 3.63) is 78.8 Å². The van der Waals surface area contributed by atoms with Crippen LogP contribution in [0, 0.1) is 12.0 Å². The van der Waals surface area contributed by atoms with Gasteiger partial charge in [-0.15, -0.1) is 0 Å². The molecule has 1 unspecified atom stereocenters. The number of azo groups is 1. The molecular formula is C25H27F2N7O2. The largest absolute Gasteiger partial charge is 0.370 e. The van der Waals surface area contributed by atoms with E-state index in [1.54, 1.807) is 36.4 Å². The van der Waals surface area contributed by atoms with Gasteiger partial charge in [0.25, 0.3) is 5.91 Å². The predicted octanol–water partition coefficient (Wildman–Crippen LogP) is 4.83. The Hall–Kier alpha value is -4.28. The number of amides is 2. The summed E-state index contributed by atoms with van der Waals surface area (Å²) in [7, 11) is 0. The number of hydrogen-bond donors (Lipinski definition) is 3. The Bertz CT molecular complexity index is 1130. The van der Waals surface area contributed by atoms with Gasteiger partial charge in [-0.25, -0.2) is 0 Å². The Kier molecular flexibility index (Phi) is 10.4. The Morgan fingerprint density at radius 1 is 0.861 bits per heavy atom. The molecule has 0 spiro atoms. The molecule has 0 fully saturated rings. The van der Waals surface area contributed by atoms with E-state index >= 15 is 0 Å². The van der Waals surface area contributed by atoms with E-state index in [-0.39, 0.29) is 24.2 Å². The maximum absolute atomic E-state index is 13.1. The first kappa shape index (κ1) is 26.3. The number of nitrogens with one attached hydrogen (secondary N) is 3. The molecule has 0 saturated carbocycles. The first-order valence-electron chi connectivity index (χ1n) is 11.5. The zero-order chi connectivity index (χ0) is 25.6. The number of carbonyl (C=O) groups is 2. The number of para-hydroxylation sites is 2. The monoisotopic (exact) mass is 495 g/mol. The van der Waals surface area contributed by atoms with Gasteiger partial charge in [-0.05, 0) is 37.1 Å². The lowest BCUT2D eigenvalue weighted by Crippen LogP contribution is -2.26. The number of aromatic nitrogens is 2. The number of unbranched alkanes of at least 4 members (excludes halogenated alkanes) is 2. The quantitative estimate of drug-likeness (QED) is 0.136. The highest BCUT2D eigenvalue weighted by Crippen LogP contribution is 2.13. The van der Waals surface area contributed by atoms with E-state index in [0.29, 0.717) is 37.2 Å². The van der Waals surface area contributed by atoms with Crippen LogP contribution >= 0.6 is 0 Å². The van der Waals surface area contributed by atoms with E-state index in [0.717, 1.165) is 12.5 Å². The first-order chi connectivity index (χ1) is 17.5. The molecule has 0 aliphatic rings. The van der Waals surface area contributed by atoms with Gasteiger partial charge in [0.05, 0.1) is 0 Å². The molecule has 11 heteroatoms. The van der Waals surface area contributed by atoms with Crippen molar-refractivity contribution in [2.75, 3.05) is 29.0 Å². The van der Waals surface area contributed by atoms with Crippen LogP contribution in [-0.4, -0.2) is 40.9 Å². The molecule has 0 saturated heterocycles. The summed E-state index contributed by atoms with van der Waals surface area (Å²) < 4.78 is 26.2. The minimum atomic E-state index is -1.13. The SMILES string of the molecule is O=C(CN=NC(CCCCCNc1cc(F)nc(F)n1)C(=O)Nc1ccccc1)Nc1ccccc1. The maximum Gasteiger partial charge on any atom is 0.313 e. The molecule has 1 aromatic heterocycles. The van der Waals surface area contributed by atoms with Crippen molar-refractivity contribution in [1.29, 1.82) is 0 Å². The molecule has 36 heavy (non-hydrogen) atoms. The van der Waals surface area contributed by atoms with Crippen molar-refractivity contribution in [3.63, 3.8) is 0 Å². The third kappa shape index (κ3) is 9.53. The Morgan fingerprint density at radius 3 is 2.19 bits per heavy atom. The fraction of sp³-hybridized carbons (Fsp3) is 0.280. The second-order valence-corrected chi connectivity index (χ2v) is 7.82. The molecule has 9 nitrogen and oxygen atoms in total. The van der Waals surface area contributed by atoms with Crippen LogP contribution in [0.15, 0.2) is 77.0 Å². The van der Waals surface area contributed by atoms with E-state index in [1.807, 2.05) is 24.3 Å². The summed E-state index contributed by atoms with van der Waals surface area (Å²) in [6.07, 6.45) is 1.33. The Morgan fingerprint density at radius 2 is 1.53 bits per heavy atom. The number of rotatable bonds is 13. The van der Waals surface area contributed by atoms with Gasteiger partial charge >= 0.3 is 6.08 Å². The van der Waals surface area contributed by atoms with Crippen molar-refractivity contribution < 1.29 is 18.4 Å².